The van der Waals surface area contributed by atoms with Gasteiger partial charge in [0.2, 0.25) is 0 Å². The zero-order chi connectivity index (χ0) is 17.7. The summed E-state index contributed by atoms with van der Waals surface area (Å²) in [5, 5.41) is 6.84. The fourth-order valence-electron chi connectivity index (χ4n) is 3.31. The molecule has 136 valence electrons. The van der Waals surface area contributed by atoms with Crippen LogP contribution in [0.25, 0.3) is 0 Å². The molecule has 0 aliphatic heterocycles. The van der Waals surface area contributed by atoms with Crippen molar-refractivity contribution in [1.29, 1.82) is 0 Å². The molecule has 1 fully saturated rings. The molecular weight excluding hydrogens is 288 g/mol. The van der Waals surface area contributed by atoms with Crippen LogP contribution < -0.4 is 10.6 Å². The van der Waals surface area contributed by atoms with Crippen LogP contribution in [0.2, 0.25) is 0 Å². The van der Waals surface area contributed by atoms with Gasteiger partial charge in [-0.05, 0) is 64.7 Å². The van der Waals surface area contributed by atoms with Gasteiger partial charge in [-0.3, -0.25) is 0 Å². The molecular formula is C19H38N2O2. The van der Waals surface area contributed by atoms with Gasteiger partial charge in [-0.25, -0.2) is 4.79 Å². The number of hydrogen-bond donors (Lipinski definition) is 2. The second-order valence-electron chi connectivity index (χ2n) is 8.46. The number of rotatable bonds is 6. The van der Waals surface area contributed by atoms with Gasteiger partial charge in [0.15, 0.2) is 0 Å². The average molecular weight is 327 g/mol. The van der Waals surface area contributed by atoms with E-state index in [0.717, 1.165) is 31.2 Å². The summed E-state index contributed by atoms with van der Waals surface area (Å²) in [5.41, 5.74) is -0.686. The summed E-state index contributed by atoms with van der Waals surface area (Å²) in [7, 11) is 0. The minimum atomic E-state index is -0.459. The van der Waals surface area contributed by atoms with E-state index in [-0.39, 0.29) is 11.6 Å². The van der Waals surface area contributed by atoms with Crippen LogP contribution in [0.15, 0.2) is 0 Å². The van der Waals surface area contributed by atoms with E-state index in [0.29, 0.717) is 6.04 Å². The van der Waals surface area contributed by atoms with Gasteiger partial charge in [-0.15, -0.1) is 0 Å². The van der Waals surface area contributed by atoms with Crippen molar-refractivity contribution in [3.63, 3.8) is 0 Å². The van der Waals surface area contributed by atoms with Crippen molar-refractivity contribution in [3.8, 4) is 0 Å². The molecule has 0 aromatic heterocycles. The highest BCUT2D eigenvalue weighted by atomic mass is 16.6. The van der Waals surface area contributed by atoms with Crippen molar-refractivity contribution in [2.45, 2.75) is 97.8 Å². The van der Waals surface area contributed by atoms with Gasteiger partial charge >= 0.3 is 6.09 Å². The fraction of sp³-hybridized carbons (Fsp3) is 0.947. The summed E-state index contributed by atoms with van der Waals surface area (Å²) in [6.45, 7) is 15.5. The van der Waals surface area contributed by atoms with Gasteiger partial charge in [-0.1, -0.05) is 27.7 Å². The number of amides is 1. The molecule has 1 aliphatic rings. The van der Waals surface area contributed by atoms with Gasteiger partial charge in [-0.2, -0.15) is 0 Å². The van der Waals surface area contributed by atoms with Crippen molar-refractivity contribution in [1.82, 2.24) is 10.6 Å². The first-order valence-corrected chi connectivity index (χ1v) is 9.35. The molecule has 3 unspecified atom stereocenters. The third kappa shape index (κ3) is 6.70. The number of hydrogen-bond acceptors (Lipinski definition) is 3. The molecule has 23 heavy (non-hydrogen) atoms. The quantitative estimate of drug-likeness (QED) is 0.756. The molecule has 0 spiro atoms. The monoisotopic (exact) mass is 326 g/mol. The maximum atomic E-state index is 12.2. The maximum absolute atomic E-state index is 12.2. The van der Waals surface area contributed by atoms with Gasteiger partial charge in [0.05, 0.1) is 5.54 Å². The third-order valence-electron chi connectivity index (χ3n) is 5.45. The summed E-state index contributed by atoms with van der Waals surface area (Å²) in [6, 6.07) is 0.569. The summed E-state index contributed by atoms with van der Waals surface area (Å²) >= 11 is 0. The minimum absolute atomic E-state index is 0.228. The lowest BCUT2D eigenvalue weighted by atomic mass is 9.79. The van der Waals surface area contributed by atoms with Crippen LogP contribution >= 0.6 is 0 Å². The van der Waals surface area contributed by atoms with Gasteiger partial charge in [0.25, 0.3) is 0 Å². The highest BCUT2D eigenvalue weighted by molar-refractivity contribution is 5.68. The molecule has 3 atom stereocenters. The van der Waals surface area contributed by atoms with E-state index in [9.17, 15) is 4.79 Å². The molecule has 2 N–H and O–H groups in total. The van der Waals surface area contributed by atoms with Gasteiger partial charge in [0, 0.05) is 12.6 Å². The highest BCUT2D eigenvalue weighted by Gasteiger charge is 2.32. The first-order chi connectivity index (χ1) is 10.6. The molecule has 1 aliphatic carbocycles. The van der Waals surface area contributed by atoms with E-state index in [1.165, 1.54) is 19.3 Å². The van der Waals surface area contributed by atoms with Crippen LogP contribution in [0.3, 0.4) is 0 Å². The van der Waals surface area contributed by atoms with Crippen molar-refractivity contribution in [3.05, 3.63) is 0 Å². The Labute approximate surface area is 143 Å². The Balaban J connectivity index is 2.58. The Morgan fingerprint density at radius 1 is 1.09 bits per heavy atom. The van der Waals surface area contributed by atoms with Crippen LogP contribution in [0.1, 0.15) is 80.6 Å². The maximum Gasteiger partial charge on any atom is 0.408 e. The van der Waals surface area contributed by atoms with Crippen LogP contribution in [-0.4, -0.2) is 29.8 Å². The largest absolute Gasteiger partial charge is 0.444 e. The zero-order valence-corrected chi connectivity index (χ0v) is 16.3. The lowest BCUT2D eigenvalue weighted by Crippen LogP contribution is -2.56. The zero-order valence-electron chi connectivity index (χ0n) is 16.3. The van der Waals surface area contributed by atoms with Gasteiger partial charge < -0.3 is 15.4 Å². The molecule has 0 aromatic carbocycles. The highest BCUT2D eigenvalue weighted by Crippen LogP contribution is 2.29. The van der Waals surface area contributed by atoms with Crippen molar-refractivity contribution < 1.29 is 9.53 Å². The SMILES string of the molecule is CCC(CC)(CNC1CCC(C)C(C)C1)NC(=O)OC(C)(C)C. The normalized spacial score (nSPS) is 26.0. The van der Waals surface area contributed by atoms with E-state index in [4.69, 9.17) is 4.74 Å². The van der Waals surface area contributed by atoms with E-state index in [1.807, 2.05) is 20.8 Å². The number of alkyl carbamates (subject to hydrolysis) is 1. The summed E-state index contributed by atoms with van der Waals surface area (Å²) in [6.07, 6.45) is 5.25. The van der Waals surface area contributed by atoms with Crippen LogP contribution in [-0.2, 0) is 4.74 Å². The molecule has 0 aromatic rings. The molecule has 4 heteroatoms. The molecule has 0 radical (unpaired) electrons. The molecule has 0 saturated heterocycles. The van der Waals surface area contributed by atoms with Crippen molar-refractivity contribution in [2.75, 3.05) is 6.54 Å². The fourth-order valence-corrected chi connectivity index (χ4v) is 3.31. The van der Waals surface area contributed by atoms with Crippen LogP contribution in [0.5, 0.6) is 0 Å². The Morgan fingerprint density at radius 3 is 2.17 bits per heavy atom. The second-order valence-corrected chi connectivity index (χ2v) is 8.46. The molecule has 4 nitrogen and oxygen atoms in total. The summed E-state index contributed by atoms with van der Waals surface area (Å²) in [4.78, 5) is 12.2. The molecule has 0 heterocycles. The second kappa shape index (κ2) is 8.36. The Bertz CT molecular complexity index is 372. The van der Waals surface area contributed by atoms with E-state index < -0.39 is 5.60 Å². The van der Waals surface area contributed by atoms with E-state index in [2.05, 4.69) is 38.3 Å². The lowest BCUT2D eigenvalue weighted by molar-refractivity contribution is 0.0441. The smallest absolute Gasteiger partial charge is 0.408 e. The Kier molecular flexibility index (Phi) is 7.37. The predicted octanol–water partition coefficient (Wildman–Crippen LogP) is 4.48. The topological polar surface area (TPSA) is 50.4 Å². The summed E-state index contributed by atoms with van der Waals surface area (Å²) in [5.74, 6) is 1.60. The molecule has 1 amide bonds. The number of ether oxygens (including phenoxy) is 1. The predicted molar refractivity (Wildman–Crippen MR) is 96.7 cm³/mol. The Morgan fingerprint density at radius 2 is 1.70 bits per heavy atom. The van der Waals surface area contributed by atoms with E-state index in [1.54, 1.807) is 0 Å². The lowest BCUT2D eigenvalue weighted by Gasteiger charge is -2.38. The minimum Gasteiger partial charge on any atom is -0.444 e. The average Bonchev–Trinajstić information content (AvgIpc) is 2.45. The molecule has 1 saturated carbocycles. The standard InChI is InChI=1S/C19H38N2O2/c1-8-19(9-2,21-17(22)23-18(5,6)7)13-20-16-11-10-14(3)15(4)12-16/h14-16,20H,8-13H2,1-7H3,(H,21,22). The molecule has 0 bridgehead atoms. The molecule has 1 rings (SSSR count). The van der Waals surface area contributed by atoms with Gasteiger partial charge in [0.1, 0.15) is 5.60 Å². The first kappa shape index (κ1) is 20.3. The summed E-state index contributed by atoms with van der Waals surface area (Å²) < 4.78 is 5.44. The van der Waals surface area contributed by atoms with Crippen molar-refractivity contribution in [2.24, 2.45) is 11.8 Å². The first-order valence-electron chi connectivity index (χ1n) is 9.35. The number of carbonyl (C=O) groups excluding carboxylic acids is 1. The number of nitrogens with one attached hydrogen (secondary N) is 2. The third-order valence-corrected chi connectivity index (χ3v) is 5.45. The van der Waals surface area contributed by atoms with Crippen LogP contribution in [0.4, 0.5) is 4.79 Å². The van der Waals surface area contributed by atoms with Crippen molar-refractivity contribution >= 4 is 6.09 Å². The van der Waals surface area contributed by atoms with E-state index >= 15 is 0 Å². The number of carbonyl (C=O) groups is 1. The van der Waals surface area contributed by atoms with Crippen LogP contribution in [0, 0.1) is 11.8 Å². The Hall–Kier alpha value is -0.770.